The zero-order chi connectivity index (χ0) is 17.5. The first-order valence-electron chi connectivity index (χ1n) is 8.05. The smallest absolute Gasteiger partial charge is 0.409 e. The van der Waals surface area contributed by atoms with Crippen LogP contribution in [0.1, 0.15) is 18.9 Å². The summed E-state index contributed by atoms with van der Waals surface area (Å²) in [6.07, 6.45) is -0.561. The summed E-state index contributed by atoms with van der Waals surface area (Å²) < 4.78 is 4.94. The van der Waals surface area contributed by atoms with Crippen LogP contribution in [-0.2, 0) is 14.3 Å². The molecule has 1 saturated heterocycles. The Morgan fingerprint density at radius 3 is 2.21 bits per heavy atom. The maximum Gasteiger partial charge on any atom is 0.409 e. The van der Waals surface area contributed by atoms with Crippen molar-refractivity contribution in [2.24, 2.45) is 0 Å². The lowest BCUT2D eigenvalue weighted by molar-refractivity contribution is -0.135. The Bertz CT molecular complexity index is 592. The lowest BCUT2D eigenvalue weighted by atomic mass is 10.2. The number of hydrogen-bond donors (Lipinski definition) is 1. The van der Waals surface area contributed by atoms with Gasteiger partial charge in [-0.1, -0.05) is 17.7 Å². The summed E-state index contributed by atoms with van der Waals surface area (Å²) in [5, 5.41) is 2.71. The van der Waals surface area contributed by atoms with Gasteiger partial charge in [-0.25, -0.2) is 4.79 Å². The second-order valence-electron chi connectivity index (χ2n) is 5.66. The third kappa shape index (κ3) is 4.97. The molecule has 1 fully saturated rings. The molecule has 7 heteroatoms. The van der Waals surface area contributed by atoms with Crippen LogP contribution >= 0.6 is 0 Å². The zero-order valence-electron chi connectivity index (χ0n) is 14.1. The number of anilines is 1. The highest BCUT2D eigenvalue weighted by Crippen LogP contribution is 2.10. The van der Waals surface area contributed by atoms with E-state index in [0.717, 1.165) is 5.56 Å². The highest BCUT2D eigenvalue weighted by molar-refractivity contribution is 6.03. The number of amides is 3. The van der Waals surface area contributed by atoms with Crippen LogP contribution in [0, 0.1) is 6.92 Å². The van der Waals surface area contributed by atoms with Gasteiger partial charge in [-0.3, -0.25) is 9.59 Å². The number of nitrogens with zero attached hydrogens (tertiary/aromatic N) is 2. The summed E-state index contributed by atoms with van der Waals surface area (Å²) >= 11 is 0. The van der Waals surface area contributed by atoms with E-state index in [9.17, 15) is 14.4 Å². The molecule has 0 atom stereocenters. The van der Waals surface area contributed by atoms with Crippen LogP contribution in [0.2, 0.25) is 0 Å². The molecule has 0 spiro atoms. The third-order valence-corrected chi connectivity index (χ3v) is 3.81. The first-order valence-corrected chi connectivity index (χ1v) is 8.05. The molecule has 1 N–H and O–H groups in total. The normalized spacial score (nSPS) is 14.2. The second kappa shape index (κ2) is 8.33. The summed E-state index contributed by atoms with van der Waals surface area (Å²) in [5.74, 6) is -0.570. The van der Waals surface area contributed by atoms with Crippen molar-refractivity contribution in [3.05, 3.63) is 29.8 Å². The van der Waals surface area contributed by atoms with Gasteiger partial charge in [0.15, 0.2) is 0 Å². The van der Waals surface area contributed by atoms with Crippen molar-refractivity contribution in [2.75, 3.05) is 38.1 Å². The van der Waals surface area contributed by atoms with E-state index in [1.54, 1.807) is 28.9 Å². The molecule has 0 aromatic heterocycles. The molecular formula is C17H23N3O4. The van der Waals surface area contributed by atoms with Crippen LogP contribution < -0.4 is 5.32 Å². The van der Waals surface area contributed by atoms with Gasteiger partial charge >= 0.3 is 6.09 Å². The van der Waals surface area contributed by atoms with E-state index in [0.29, 0.717) is 38.5 Å². The SMILES string of the molecule is CCOC(=O)N1CCN(C(=O)CC(=O)Nc2ccc(C)cc2)CC1. The third-order valence-electron chi connectivity index (χ3n) is 3.81. The number of aryl methyl sites for hydroxylation is 1. The van der Waals surface area contributed by atoms with E-state index < -0.39 is 0 Å². The fourth-order valence-electron chi connectivity index (χ4n) is 2.44. The lowest BCUT2D eigenvalue weighted by Gasteiger charge is -2.34. The number of benzene rings is 1. The van der Waals surface area contributed by atoms with Crippen molar-refractivity contribution in [2.45, 2.75) is 20.3 Å². The predicted octanol–water partition coefficient (Wildman–Crippen LogP) is 1.62. The van der Waals surface area contributed by atoms with E-state index in [1.165, 1.54) is 0 Å². The first kappa shape index (κ1) is 17.8. The molecule has 3 amide bonds. The molecule has 1 aliphatic heterocycles. The molecule has 24 heavy (non-hydrogen) atoms. The molecule has 0 bridgehead atoms. The minimum Gasteiger partial charge on any atom is -0.450 e. The fourth-order valence-corrected chi connectivity index (χ4v) is 2.44. The quantitative estimate of drug-likeness (QED) is 0.849. The molecule has 1 heterocycles. The molecule has 0 unspecified atom stereocenters. The Morgan fingerprint density at radius 1 is 1.04 bits per heavy atom. The maximum atomic E-state index is 12.2. The molecule has 0 aliphatic carbocycles. The van der Waals surface area contributed by atoms with Crippen LogP contribution in [0.5, 0.6) is 0 Å². The molecule has 2 rings (SSSR count). The summed E-state index contributed by atoms with van der Waals surface area (Å²) in [5.41, 5.74) is 1.77. The minimum absolute atomic E-state index is 0.201. The highest BCUT2D eigenvalue weighted by atomic mass is 16.6. The van der Waals surface area contributed by atoms with Gasteiger partial charge in [0, 0.05) is 31.9 Å². The van der Waals surface area contributed by atoms with Crippen LogP contribution in [0.4, 0.5) is 10.5 Å². The van der Waals surface area contributed by atoms with Crippen LogP contribution in [-0.4, -0.2) is 60.5 Å². The van der Waals surface area contributed by atoms with Crippen LogP contribution in [0.15, 0.2) is 24.3 Å². The summed E-state index contributed by atoms with van der Waals surface area (Å²) in [6, 6.07) is 7.39. The molecule has 1 aliphatic rings. The number of nitrogens with one attached hydrogen (secondary N) is 1. The predicted molar refractivity (Wildman–Crippen MR) is 89.6 cm³/mol. The van der Waals surface area contributed by atoms with Crippen molar-refractivity contribution in [3.8, 4) is 0 Å². The first-order chi connectivity index (χ1) is 11.5. The molecule has 130 valence electrons. The number of carbonyl (C=O) groups excluding carboxylic acids is 3. The van der Waals surface area contributed by atoms with E-state index in [1.807, 2.05) is 19.1 Å². The van der Waals surface area contributed by atoms with Gasteiger partial charge in [-0.05, 0) is 26.0 Å². The van der Waals surface area contributed by atoms with Crippen molar-refractivity contribution in [1.29, 1.82) is 0 Å². The summed E-state index contributed by atoms with van der Waals surface area (Å²) in [7, 11) is 0. The monoisotopic (exact) mass is 333 g/mol. The number of hydrogen-bond acceptors (Lipinski definition) is 4. The highest BCUT2D eigenvalue weighted by Gasteiger charge is 2.25. The molecule has 0 saturated carbocycles. The van der Waals surface area contributed by atoms with E-state index in [4.69, 9.17) is 4.74 Å². The van der Waals surface area contributed by atoms with Crippen molar-refractivity contribution >= 4 is 23.6 Å². The molecule has 1 aromatic carbocycles. The van der Waals surface area contributed by atoms with Crippen LogP contribution in [0.25, 0.3) is 0 Å². The largest absolute Gasteiger partial charge is 0.450 e. The van der Waals surface area contributed by atoms with Gasteiger partial charge < -0.3 is 19.9 Å². The Balaban J connectivity index is 1.77. The van der Waals surface area contributed by atoms with E-state index >= 15 is 0 Å². The fraction of sp³-hybridized carbons (Fsp3) is 0.471. The number of ether oxygens (including phenoxy) is 1. The Morgan fingerprint density at radius 2 is 1.62 bits per heavy atom. The second-order valence-corrected chi connectivity index (χ2v) is 5.66. The Labute approximate surface area is 141 Å². The average Bonchev–Trinajstić information content (AvgIpc) is 2.57. The van der Waals surface area contributed by atoms with Gasteiger partial charge in [0.05, 0.1) is 6.61 Å². The zero-order valence-corrected chi connectivity index (χ0v) is 14.1. The Hall–Kier alpha value is -2.57. The lowest BCUT2D eigenvalue weighted by Crippen LogP contribution is -2.51. The van der Waals surface area contributed by atoms with Gasteiger partial charge in [0.2, 0.25) is 11.8 Å². The van der Waals surface area contributed by atoms with Gasteiger partial charge in [0.25, 0.3) is 0 Å². The van der Waals surface area contributed by atoms with Crippen LogP contribution in [0.3, 0.4) is 0 Å². The Kier molecular flexibility index (Phi) is 6.17. The van der Waals surface area contributed by atoms with Crippen molar-refractivity contribution in [3.63, 3.8) is 0 Å². The van der Waals surface area contributed by atoms with Crippen molar-refractivity contribution < 1.29 is 19.1 Å². The molecule has 1 aromatic rings. The standard InChI is InChI=1S/C17H23N3O4/c1-3-24-17(23)20-10-8-19(9-11-20)16(22)12-15(21)18-14-6-4-13(2)5-7-14/h4-7H,3,8-12H2,1-2H3,(H,18,21). The van der Waals surface area contributed by atoms with E-state index in [-0.39, 0.29) is 24.3 Å². The maximum absolute atomic E-state index is 12.2. The number of rotatable bonds is 4. The molecule has 0 radical (unpaired) electrons. The van der Waals surface area contributed by atoms with Crippen molar-refractivity contribution in [1.82, 2.24) is 9.80 Å². The van der Waals surface area contributed by atoms with Gasteiger partial charge in [-0.2, -0.15) is 0 Å². The molecule has 7 nitrogen and oxygen atoms in total. The number of piperazine rings is 1. The minimum atomic E-state index is -0.360. The molecular weight excluding hydrogens is 310 g/mol. The number of carbonyl (C=O) groups is 3. The van der Waals surface area contributed by atoms with E-state index in [2.05, 4.69) is 5.32 Å². The average molecular weight is 333 g/mol. The summed E-state index contributed by atoms with van der Waals surface area (Å²) in [6.45, 7) is 5.71. The summed E-state index contributed by atoms with van der Waals surface area (Å²) in [4.78, 5) is 38.9. The topological polar surface area (TPSA) is 79.0 Å². The van der Waals surface area contributed by atoms with Gasteiger partial charge in [0.1, 0.15) is 6.42 Å². The van der Waals surface area contributed by atoms with Gasteiger partial charge in [-0.15, -0.1) is 0 Å².